The number of thiophene rings is 1. The third-order valence-electron chi connectivity index (χ3n) is 4.51. The van der Waals surface area contributed by atoms with Crippen LogP contribution in [0.15, 0.2) is 17.6 Å². The van der Waals surface area contributed by atoms with Gasteiger partial charge in [0.2, 0.25) is 5.91 Å². The van der Waals surface area contributed by atoms with E-state index in [-0.39, 0.29) is 18.0 Å². The van der Waals surface area contributed by atoms with E-state index in [0.29, 0.717) is 6.42 Å². The lowest BCUT2D eigenvalue weighted by Crippen LogP contribution is -2.36. The topological polar surface area (TPSA) is 50.2 Å². The molecule has 5 nitrogen and oxygen atoms in total. The third kappa shape index (κ3) is 3.70. The van der Waals surface area contributed by atoms with Gasteiger partial charge in [-0.1, -0.05) is 0 Å². The Balaban J connectivity index is 1.70. The standard InChI is InChI=1S/C18H26N4OS/c1-12(2)19-17(23)9-15-10-22-7-6-21(14(4)18(22)20-15)11-16-13(3)5-8-24-16/h5,8,10,12,14H,6-7,9,11H2,1-4H3,(H,19,23). The lowest BCUT2D eigenvalue weighted by atomic mass is 10.2. The molecule has 1 unspecified atom stereocenters. The van der Waals surface area contributed by atoms with Gasteiger partial charge < -0.3 is 9.88 Å². The average molecular weight is 347 g/mol. The van der Waals surface area contributed by atoms with Gasteiger partial charge in [-0.2, -0.15) is 0 Å². The Labute approximate surface area is 147 Å². The Morgan fingerprint density at radius 2 is 2.25 bits per heavy atom. The Bertz CT molecular complexity index is 718. The van der Waals surface area contributed by atoms with E-state index in [2.05, 4.69) is 40.1 Å². The number of nitrogens with zero attached hydrogens (tertiary/aromatic N) is 3. The summed E-state index contributed by atoms with van der Waals surface area (Å²) in [5.41, 5.74) is 2.23. The number of fused-ring (bicyclic) bond motifs is 1. The van der Waals surface area contributed by atoms with Crippen molar-refractivity contribution in [2.75, 3.05) is 6.54 Å². The average Bonchev–Trinajstić information content (AvgIpc) is 3.08. The molecular weight excluding hydrogens is 320 g/mol. The summed E-state index contributed by atoms with van der Waals surface area (Å²) in [5.74, 6) is 1.11. The highest BCUT2D eigenvalue weighted by Gasteiger charge is 2.27. The minimum Gasteiger partial charge on any atom is -0.354 e. The Hall–Kier alpha value is -1.66. The molecule has 1 aliphatic heterocycles. The number of hydrogen-bond acceptors (Lipinski definition) is 4. The summed E-state index contributed by atoms with van der Waals surface area (Å²) in [6.07, 6.45) is 2.40. The summed E-state index contributed by atoms with van der Waals surface area (Å²) in [7, 11) is 0. The molecule has 130 valence electrons. The van der Waals surface area contributed by atoms with Crippen molar-refractivity contribution in [1.29, 1.82) is 0 Å². The molecule has 0 spiro atoms. The first-order valence-corrected chi connectivity index (χ1v) is 9.44. The van der Waals surface area contributed by atoms with Gasteiger partial charge >= 0.3 is 0 Å². The van der Waals surface area contributed by atoms with Crippen LogP contribution in [0.5, 0.6) is 0 Å². The van der Waals surface area contributed by atoms with E-state index >= 15 is 0 Å². The Morgan fingerprint density at radius 3 is 2.92 bits per heavy atom. The van der Waals surface area contributed by atoms with Crippen LogP contribution in [0.4, 0.5) is 0 Å². The van der Waals surface area contributed by atoms with Gasteiger partial charge in [0, 0.05) is 36.8 Å². The van der Waals surface area contributed by atoms with Crippen LogP contribution in [-0.2, 0) is 24.3 Å². The predicted molar refractivity (Wildman–Crippen MR) is 97.1 cm³/mol. The summed E-state index contributed by atoms with van der Waals surface area (Å²) >= 11 is 1.82. The number of rotatable bonds is 5. The number of imidazole rings is 1. The van der Waals surface area contributed by atoms with Gasteiger partial charge in [0.05, 0.1) is 18.2 Å². The quantitative estimate of drug-likeness (QED) is 0.906. The minimum atomic E-state index is 0.0409. The fourth-order valence-corrected chi connectivity index (χ4v) is 4.11. The molecule has 0 aromatic carbocycles. The maximum absolute atomic E-state index is 12.0. The van der Waals surface area contributed by atoms with Crippen molar-refractivity contribution in [3.8, 4) is 0 Å². The van der Waals surface area contributed by atoms with E-state index in [9.17, 15) is 4.79 Å². The molecule has 0 saturated heterocycles. The number of hydrogen-bond donors (Lipinski definition) is 1. The van der Waals surface area contributed by atoms with E-state index in [1.165, 1.54) is 10.4 Å². The second-order valence-corrected chi connectivity index (χ2v) is 7.86. The van der Waals surface area contributed by atoms with Gasteiger partial charge in [-0.05, 0) is 44.7 Å². The van der Waals surface area contributed by atoms with Crippen LogP contribution < -0.4 is 5.32 Å². The number of carbonyl (C=O) groups is 1. The minimum absolute atomic E-state index is 0.0409. The van der Waals surface area contributed by atoms with Crippen molar-refractivity contribution < 1.29 is 4.79 Å². The predicted octanol–water partition coefficient (Wildman–Crippen LogP) is 2.90. The molecule has 24 heavy (non-hydrogen) atoms. The summed E-state index contributed by atoms with van der Waals surface area (Å²) in [4.78, 5) is 20.6. The SMILES string of the molecule is Cc1ccsc1CN1CCn2cc(CC(=O)NC(C)C)nc2C1C. The first-order valence-electron chi connectivity index (χ1n) is 8.56. The zero-order valence-corrected chi connectivity index (χ0v) is 15.7. The Kier molecular flexibility index (Phi) is 5.06. The van der Waals surface area contributed by atoms with Crippen molar-refractivity contribution in [1.82, 2.24) is 19.8 Å². The maximum atomic E-state index is 12.0. The third-order valence-corrected chi connectivity index (χ3v) is 5.52. The van der Waals surface area contributed by atoms with Crippen LogP contribution in [0.25, 0.3) is 0 Å². The molecule has 2 aromatic heterocycles. The smallest absolute Gasteiger partial charge is 0.226 e. The normalized spacial score (nSPS) is 18.0. The van der Waals surface area contributed by atoms with E-state index in [0.717, 1.165) is 31.2 Å². The first kappa shape index (κ1) is 17.2. The summed E-state index contributed by atoms with van der Waals surface area (Å²) in [5, 5.41) is 5.09. The van der Waals surface area contributed by atoms with Crippen LogP contribution in [-0.4, -0.2) is 32.9 Å². The molecule has 0 radical (unpaired) electrons. The van der Waals surface area contributed by atoms with Gasteiger partial charge in [-0.3, -0.25) is 9.69 Å². The lowest BCUT2D eigenvalue weighted by molar-refractivity contribution is -0.120. The summed E-state index contributed by atoms with van der Waals surface area (Å²) in [6, 6.07) is 2.61. The second kappa shape index (κ2) is 7.07. The van der Waals surface area contributed by atoms with Gasteiger partial charge in [0.15, 0.2) is 0 Å². The molecule has 1 atom stereocenters. The molecule has 0 aliphatic carbocycles. The first-order chi connectivity index (χ1) is 11.4. The van der Waals surface area contributed by atoms with Crippen LogP contribution in [0.3, 0.4) is 0 Å². The van der Waals surface area contributed by atoms with Crippen molar-refractivity contribution in [3.05, 3.63) is 39.6 Å². The number of aromatic nitrogens is 2. The van der Waals surface area contributed by atoms with Gasteiger partial charge in [0.1, 0.15) is 5.82 Å². The zero-order valence-electron chi connectivity index (χ0n) is 14.9. The van der Waals surface area contributed by atoms with Crippen molar-refractivity contribution in [2.45, 2.75) is 59.3 Å². The van der Waals surface area contributed by atoms with E-state index in [1.807, 2.05) is 31.4 Å². The fourth-order valence-electron chi connectivity index (χ4n) is 3.18. The zero-order chi connectivity index (χ0) is 17.3. The molecule has 2 aromatic rings. The molecule has 3 rings (SSSR count). The molecule has 0 fully saturated rings. The van der Waals surface area contributed by atoms with Crippen molar-refractivity contribution in [2.24, 2.45) is 0 Å². The van der Waals surface area contributed by atoms with Crippen molar-refractivity contribution >= 4 is 17.2 Å². The number of amides is 1. The molecule has 0 bridgehead atoms. The van der Waals surface area contributed by atoms with Crippen molar-refractivity contribution in [3.63, 3.8) is 0 Å². The van der Waals surface area contributed by atoms with Crippen LogP contribution in [0.2, 0.25) is 0 Å². The molecule has 3 heterocycles. The van der Waals surface area contributed by atoms with Gasteiger partial charge in [0.25, 0.3) is 0 Å². The number of nitrogens with one attached hydrogen (secondary N) is 1. The fraction of sp³-hybridized carbons (Fsp3) is 0.556. The molecular formula is C18H26N4OS. The summed E-state index contributed by atoms with van der Waals surface area (Å²) in [6.45, 7) is 11.3. The molecule has 1 aliphatic rings. The highest BCUT2D eigenvalue weighted by molar-refractivity contribution is 7.10. The van der Waals surface area contributed by atoms with Crippen LogP contribution in [0, 0.1) is 6.92 Å². The Morgan fingerprint density at radius 1 is 1.46 bits per heavy atom. The van der Waals surface area contributed by atoms with E-state index in [1.54, 1.807) is 0 Å². The highest BCUT2D eigenvalue weighted by Crippen LogP contribution is 2.28. The van der Waals surface area contributed by atoms with Gasteiger partial charge in [-0.15, -0.1) is 11.3 Å². The molecule has 0 saturated carbocycles. The van der Waals surface area contributed by atoms with Crippen LogP contribution in [0.1, 0.15) is 48.8 Å². The summed E-state index contributed by atoms with van der Waals surface area (Å²) < 4.78 is 2.21. The highest BCUT2D eigenvalue weighted by atomic mass is 32.1. The second-order valence-electron chi connectivity index (χ2n) is 6.86. The van der Waals surface area contributed by atoms with Gasteiger partial charge in [-0.25, -0.2) is 4.98 Å². The maximum Gasteiger partial charge on any atom is 0.226 e. The van der Waals surface area contributed by atoms with Crippen LogP contribution >= 0.6 is 11.3 Å². The lowest BCUT2D eigenvalue weighted by Gasteiger charge is -2.33. The molecule has 6 heteroatoms. The largest absolute Gasteiger partial charge is 0.354 e. The molecule has 1 N–H and O–H groups in total. The monoisotopic (exact) mass is 346 g/mol. The number of aryl methyl sites for hydroxylation is 1. The number of carbonyl (C=O) groups excluding carboxylic acids is 1. The molecule has 1 amide bonds. The van der Waals surface area contributed by atoms with E-state index in [4.69, 9.17) is 4.98 Å². The van der Waals surface area contributed by atoms with E-state index < -0.39 is 0 Å².